The quantitative estimate of drug-likeness (QED) is 0.698. The van der Waals surface area contributed by atoms with E-state index in [1.165, 1.54) is 11.6 Å². The molecular formula is C19H22N6O3S. The molecule has 2 aliphatic heterocycles. The van der Waals surface area contributed by atoms with E-state index in [1.54, 1.807) is 23.7 Å². The summed E-state index contributed by atoms with van der Waals surface area (Å²) < 4.78 is 2.41. The first-order valence-electron chi connectivity index (χ1n) is 9.24. The van der Waals surface area contributed by atoms with Gasteiger partial charge < -0.3 is 15.5 Å². The van der Waals surface area contributed by atoms with E-state index >= 15 is 0 Å². The molecule has 0 fully saturated rings. The number of carbonyl (C=O) groups is 1. The normalized spacial score (nSPS) is 18.8. The maximum absolute atomic E-state index is 12.7. The van der Waals surface area contributed by atoms with Crippen molar-refractivity contribution in [3.8, 4) is 0 Å². The molecule has 0 amide bonds. The summed E-state index contributed by atoms with van der Waals surface area (Å²) in [5, 5.41) is 7.67. The van der Waals surface area contributed by atoms with Crippen LogP contribution < -0.4 is 26.8 Å². The molecule has 2 N–H and O–H groups in total. The molecule has 152 valence electrons. The number of anilines is 3. The lowest BCUT2D eigenvalue weighted by molar-refractivity contribution is -0.108. The molecule has 4 rings (SSSR count). The molecule has 2 atom stereocenters. The molecule has 3 heterocycles. The number of benzene rings is 1. The van der Waals surface area contributed by atoms with Crippen LogP contribution in [-0.2, 0) is 18.9 Å². The predicted molar refractivity (Wildman–Crippen MR) is 116 cm³/mol. The summed E-state index contributed by atoms with van der Waals surface area (Å²) in [6, 6.07) is 7.71. The second-order valence-corrected chi connectivity index (χ2v) is 8.52. The average Bonchev–Trinajstić information content (AvgIpc) is 3.36. The van der Waals surface area contributed by atoms with E-state index in [4.69, 9.17) is 0 Å². The minimum Gasteiger partial charge on any atom is -0.359 e. The summed E-state index contributed by atoms with van der Waals surface area (Å²) in [5.41, 5.74) is 1.17. The maximum atomic E-state index is 12.7. The average molecular weight is 414 g/mol. The maximum Gasteiger partial charge on any atom is 0.332 e. The van der Waals surface area contributed by atoms with Crippen molar-refractivity contribution < 1.29 is 4.79 Å². The Morgan fingerprint density at radius 1 is 1.31 bits per heavy atom. The molecule has 0 bridgehead atoms. The van der Waals surface area contributed by atoms with Crippen LogP contribution in [-0.4, -0.2) is 45.1 Å². The Bertz CT molecular complexity index is 1120. The second-order valence-electron chi connectivity index (χ2n) is 7.09. The number of aromatic nitrogens is 2. The van der Waals surface area contributed by atoms with Gasteiger partial charge in [-0.2, -0.15) is 0 Å². The van der Waals surface area contributed by atoms with Crippen molar-refractivity contribution in [2.24, 2.45) is 19.1 Å². The first-order chi connectivity index (χ1) is 13.9. The standard InChI is InChI=1S/C19H22N6O3S/c1-11-8-20-17(29-11)12-5-4-6-13(7-12)22-14(9-26)25-10-21-16-15(25)18(27)24(3)19(28)23(16)2/h4-7,9,11,14,21-22H,8,10H2,1-3H3. The molecule has 0 radical (unpaired) electrons. The van der Waals surface area contributed by atoms with E-state index in [0.717, 1.165) is 33.7 Å². The molecule has 2 aliphatic rings. The molecule has 2 aromatic rings. The van der Waals surface area contributed by atoms with Crippen molar-refractivity contribution in [2.75, 3.05) is 28.7 Å². The molecule has 2 unspecified atom stereocenters. The number of aliphatic imine (C=N–C) groups is 1. The number of nitrogens with zero attached hydrogens (tertiary/aromatic N) is 4. The van der Waals surface area contributed by atoms with E-state index in [0.29, 0.717) is 16.8 Å². The van der Waals surface area contributed by atoms with E-state index in [9.17, 15) is 14.4 Å². The molecule has 9 nitrogen and oxygen atoms in total. The number of rotatable bonds is 5. The molecule has 29 heavy (non-hydrogen) atoms. The van der Waals surface area contributed by atoms with Gasteiger partial charge in [-0.25, -0.2) is 4.79 Å². The third-order valence-corrected chi connectivity index (χ3v) is 6.18. The van der Waals surface area contributed by atoms with Gasteiger partial charge in [-0.05, 0) is 12.1 Å². The number of aldehydes is 1. The molecule has 10 heteroatoms. The van der Waals surface area contributed by atoms with Crippen LogP contribution in [0.1, 0.15) is 12.5 Å². The van der Waals surface area contributed by atoms with Gasteiger partial charge in [0.2, 0.25) is 0 Å². The van der Waals surface area contributed by atoms with Crippen LogP contribution in [0.4, 0.5) is 17.2 Å². The highest BCUT2D eigenvalue weighted by atomic mass is 32.2. The first kappa shape index (κ1) is 19.3. The Morgan fingerprint density at radius 2 is 2.10 bits per heavy atom. The van der Waals surface area contributed by atoms with Crippen LogP contribution in [0.25, 0.3) is 0 Å². The zero-order valence-corrected chi connectivity index (χ0v) is 17.2. The zero-order valence-electron chi connectivity index (χ0n) is 16.4. The fourth-order valence-electron chi connectivity index (χ4n) is 3.50. The van der Waals surface area contributed by atoms with E-state index in [1.807, 2.05) is 24.3 Å². The highest BCUT2D eigenvalue weighted by Gasteiger charge is 2.31. The molecule has 1 aromatic carbocycles. The van der Waals surface area contributed by atoms with Crippen molar-refractivity contribution in [3.63, 3.8) is 0 Å². The zero-order chi connectivity index (χ0) is 20.7. The van der Waals surface area contributed by atoms with Gasteiger partial charge in [0, 0.05) is 30.6 Å². The van der Waals surface area contributed by atoms with Gasteiger partial charge in [0.05, 0.1) is 18.3 Å². The summed E-state index contributed by atoms with van der Waals surface area (Å²) >= 11 is 1.73. The van der Waals surface area contributed by atoms with Crippen molar-refractivity contribution in [1.82, 2.24) is 9.13 Å². The monoisotopic (exact) mass is 414 g/mol. The van der Waals surface area contributed by atoms with Crippen LogP contribution >= 0.6 is 11.8 Å². The van der Waals surface area contributed by atoms with Gasteiger partial charge in [-0.15, -0.1) is 11.8 Å². The minimum absolute atomic E-state index is 0.234. The summed E-state index contributed by atoms with van der Waals surface area (Å²) in [6.45, 7) is 3.17. The van der Waals surface area contributed by atoms with E-state index in [-0.39, 0.29) is 6.67 Å². The summed E-state index contributed by atoms with van der Waals surface area (Å²) in [7, 11) is 3.01. The van der Waals surface area contributed by atoms with Crippen molar-refractivity contribution in [3.05, 3.63) is 50.7 Å². The van der Waals surface area contributed by atoms with Crippen LogP contribution in [0.2, 0.25) is 0 Å². The first-order valence-corrected chi connectivity index (χ1v) is 10.1. The lowest BCUT2D eigenvalue weighted by Gasteiger charge is -2.26. The Morgan fingerprint density at radius 3 is 2.79 bits per heavy atom. The topological polar surface area (TPSA) is 101 Å². The third-order valence-electron chi connectivity index (χ3n) is 5.04. The Hall–Kier alpha value is -3.01. The lowest BCUT2D eigenvalue weighted by atomic mass is 10.2. The molecule has 0 saturated carbocycles. The largest absolute Gasteiger partial charge is 0.359 e. The highest BCUT2D eigenvalue weighted by molar-refractivity contribution is 8.15. The fraction of sp³-hybridized carbons (Fsp3) is 0.368. The van der Waals surface area contributed by atoms with E-state index in [2.05, 4.69) is 22.5 Å². The molecular weight excluding hydrogens is 392 g/mol. The van der Waals surface area contributed by atoms with Gasteiger partial charge in [-0.1, -0.05) is 19.1 Å². The second kappa shape index (κ2) is 7.43. The predicted octanol–water partition coefficient (Wildman–Crippen LogP) is 0.792. The lowest BCUT2D eigenvalue weighted by Crippen LogP contribution is -2.46. The number of nitrogens with one attached hydrogen (secondary N) is 2. The fourth-order valence-corrected chi connectivity index (χ4v) is 4.44. The third kappa shape index (κ3) is 3.33. The van der Waals surface area contributed by atoms with E-state index < -0.39 is 17.4 Å². The SMILES string of the molecule is CC1CN=C(c2cccc(NC(C=O)N3CNc4c3c(=O)n(C)c(=O)n4C)c2)S1. The Kier molecular flexibility index (Phi) is 4.95. The van der Waals surface area contributed by atoms with Gasteiger partial charge >= 0.3 is 5.69 Å². The van der Waals surface area contributed by atoms with Crippen molar-refractivity contribution in [2.45, 2.75) is 18.3 Å². The minimum atomic E-state index is -0.777. The summed E-state index contributed by atoms with van der Waals surface area (Å²) in [4.78, 5) is 42.9. The number of hydrogen-bond donors (Lipinski definition) is 2. The van der Waals surface area contributed by atoms with Crippen LogP contribution in [0.5, 0.6) is 0 Å². The molecule has 0 aliphatic carbocycles. The number of hydrogen-bond acceptors (Lipinski definition) is 8. The molecule has 1 aromatic heterocycles. The van der Waals surface area contributed by atoms with Crippen LogP contribution in [0.15, 0.2) is 38.8 Å². The summed E-state index contributed by atoms with van der Waals surface area (Å²) in [6.07, 6.45) is -0.0287. The van der Waals surface area contributed by atoms with Crippen molar-refractivity contribution >= 4 is 40.3 Å². The molecule has 0 saturated heterocycles. The van der Waals surface area contributed by atoms with Gasteiger partial charge in [0.1, 0.15) is 11.5 Å². The Balaban J connectivity index is 1.64. The van der Waals surface area contributed by atoms with Crippen molar-refractivity contribution in [1.29, 1.82) is 0 Å². The number of carbonyl (C=O) groups excluding carboxylic acids is 1. The van der Waals surface area contributed by atoms with Crippen LogP contribution in [0, 0.1) is 0 Å². The smallest absolute Gasteiger partial charge is 0.332 e. The van der Waals surface area contributed by atoms with Gasteiger partial charge in [-0.3, -0.25) is 23.7 Å². The number of fused-ring (bicyclic) bond motifs is 1. The van der Waals surface area contributed by atoms with Gasteiger partial charge in [0.15, 0.2) is 12.5 Å². The summed E-state index contributed by atoms with van der Waals surface area (Å²) in [5.74, 6) is 0.409. The Labute approximate surface area is 171 Å². The highest BCUT2D eigenvalue weighted by Crippen LogP contribution is 2.29. The van der Waals surface area contributed by atoms with Gasteiger partial charge in [0.25, 0.3) is 5.56 Å². The molecule has 0 spiro atoms. The number of thioether (sulfide) groups is 1. The van der Waals surface area contributed by atoms with Crippen LogP contribution in [0.3, 0.4) is 0 Å².